The first kappa shape index (κ1) is 30.5. The molecule has 0 heterocycles. The number of ether oxygens (including phenoxy) is 1. The van der Waals surface area contributed by atoms with Crippen LogP contribution in [0, 0.1) is 11.8 Å². The van der Waals surface area contributed by atoms with Gasteiger partial charge < -0.3 is 20.1 Å². The van der Waals surface area contributed by atoms with Gasteiger partial charge in [-0.1, -0.05) is 72.8 Å². The van der Waals surface area contributed by atoms with Gasteiger partial charge in [0.2, 0.25) is 11.8 Å². The average Bonchev–Trinajstić information content (AvgIpc) is 2.92. The first-order valence-corrected chi connectivity index (χ1v) is 13.0. The lowest BCUT2D eigenvalue weighted by atomic mass is 9.96. The zero-order chi connectivity index (χ0) is 27.8. The van der Waals surface area contributed by atoms with E-state index >= 15 is 0 Å². The van der Waals surface area contributed by atoms with E-state index in [9.17, 15) is 19.5 Å². The number of nitrogens with one attached hydrogen (secondary N) is 1. The highest BCUT2D eigenvalue weighted by atomic mass is 16.5. The van der Waals surface area contributed by atoms with Crippen LogP contribution in [0.25, 0.3) is 0 Å². The molecule has 0 spiro atoms. The summed E-state index contributed by atoms with van der Waals surface area (Å²) in [6.45, 7) is 9.69. The number of rotatable bonds is 17. The highest BCUT2D eigenvalue weighted by Gasteiger charge is 2.26. The molecule has 0 radical (unpaired) electrons. The zero-order valence-corrected chi connectivity index (χ0v) is 22.3. The summed E-state index contributed by atoms with van der Waals surface area (Å²) < 4.78 is 5.62. The summed E-state index contributed by atoms with van der Waals surface area (Å²) in [5.74, 6) is -1.85. The molecule has 0 aliphatic heterocycles. The number of aliphatic hydroxyl groups is 1. The highest BCUT2D eigenvalue weighted by molar-refractivity contribution is 5.86. The minimum absolute atomic E-state index is 0.0165. The predicted molar refractivity (Wildman–Crippen MR) is 149 cm³/mol. The normalized spacial score (nSPS) is 13.0. The van der Waals surface area contributed by atoms with Crippen molar-refractivity contribution < 1.29 is 24.2 Å². The summed E-state index contributed by atoms with van der Waals surface area (Å²) in [5, 5.41) is 12.3. The minimum Gasteiger partial charge on any atom is -0.461 e. The Morgan fingerprint density at radius 1 is 0.947 bits per heavy atom. The number of aliphatic hydroxyl groups excluding tert-OH is 1. The van der Waals surface area contributed by atoms with Crippen LogP contribution >= 0.6 is 0 Å². The Morgan fingerprint density at radius 2 is 1.53 bits per heavy atom. The van der Waals surface area contributed by atoms with E-state index in [2.05, 4.69) is 18.5 Å². The van der Waals surface area contributed by atoms with Crippen molar-refractivity contribution in [3.05, 3.63) is 97.1 Å². The standard InChI is InChI=1S/C31H40N2O5/c1-4-12-27(21-29(35)33(18-19-34)23-26-16-10-7-11-17-26)30(36)32-22-24(3)38-31(37)28(13-5-2)20-25-14-8-6-9-15-25/h4-11,14-17,24,27-28,34H,1-2,12-13,18-23H2,3H3,(H,32,36)/t24-,27+,28+/m0/s1. The number of carbonyl (C=O) groups excluding carboxylic acids is 3. The van der Waals surface area contributed by atoms with Gasteiger partial charge in [-0.05, 0) is 37.3 Å². The first-order chi connectivity index (χ1) is 18.4. The number of benzene rings is 2. The van der Waals surface area contributed by atoms with Crippen molar-refractivity contribution in [2.24, 2.45) is 11.8 Å². The van der Waals surface area contributed by atoms with E-state index in [1.54, 1.807) is 24.0 Å². The molecule has 3 atom stereocenters. The molecule has 0 aromatic heterocycles. The molecular formula is C31H40N2O5. The number of esters is 1. The van der Waals surface area contributed by atoms with Crippen LogP contribution in [0.3, 0.4) is 0 Å². The molecule has 0 bridgehead atoms. The molecule has 2 aromatic carbocycles. The van der Waals surface area contributed by atoms with Crippen molar-refractivity contribution in [1.82, 2.24) is 10.2 Å². The largest absolute Gasteiger partial charge is 0.461 e. The summed E-state index contributed by atoms with van der Waals surface area (Å²) in [4.78, 5) is 40.3. The molecule has 0 fully saturated rings. The van der Waals surface area contributed by atoms with Crippen molar-refractivity contribution >= 4 is 17.8 Å². The van der Waals surface area contributed by atoms with Crippen molar-refractivity contribution in [2.75, 3.05) is 19.7 Å². The van der Waals surface area contributed by atoms with Crippen LogP contribution in [-0.4, -0.2) is 53.6 Å². The number of carbonyl (C=O) groups is 3. The quantitative estimate of drug-likeness (QED) is 0.242. The van der Waals surface area contributed by atoms with Gasteiger partial charge in [0.25, 0.3) is 0 Å². The van der Waals surface area contributed by atoms with Crippen LogP contribution in [0.2, 0.25) is 0 Å². The molecule has 7 nitrogen and oxygen atoms in total. The monoisotopic (exact) mass is 520 g/mol. The smallest absolute Gasteiger partial charge is 0.309 e. The number of hydrogen-bond acceptors (Lipinski definition) is 5. The molecule has 2 rings (SSSR count). The topological polar surface area (TPSA) is 95.9 Å². The van der Waals surface area contributed by atoms with E-state index in [1.807, 2.05) is 60.7 Å². The van der Waals surface area contributed by atoms with Crippen molar-refractivity contribution in [1.29, 1.82) is 0 Å². The van der Waals surface area contributed by atoms with Crippen LogP contribution < -0.4 is 5.32 Å². The molecule has 204 valence electrons. The molecule has 0 unspecified atom stereocenters. The van der Waals surface area contributed by atoms with Crippen LogP contribution in [0.5, 0.6) is 0 Å². The molecule has 7 heteroatoms. The third kappa shape index (κ3) is 10.7. The van der Waals surface area contributed by atoms with Gasteiger partial charge in [-0.2, -0.15) is 0 Å². The van der Waals surface area contributed by atoms with Gasteiger partial charge in [0.1, 0.15) is 6.10 Å². The second kappa shape index (κ2) is 16.9. The van der Waals surface area contributed by atoms with Gasteiger partial charge in [0.05, 0.1) is 25.0 Å². The summed E-state index contributed by atoms with van der Waals surface area (Å²) in [6, 6.07) is 19.2. The Morgan fingerprint density at radius 3 is 2.11 bits per heavy atom. The Labute approximate surface area is 226 Å². The maximum Gasteiger partial charge on any atom is 0.309 e. The van der Waals surface area contributed by atoms with E-state index in [-0.39, 0.29) is 49.8 Å². The molecule has 2 aromatic rings. The van der Waals surface area contributed by atoms with Crippen LogP contribution in [0.15, 0.2) is 86.0 Å². The van der Waals surface area contributed by atoms with Gasteiger partial charge in [-0.15, -0.1) is 13.2 Å². The van der Waals surface area contributed by atoms with E-state index < -0.39 is 12.0 Å². The first-order valence-electron chi connectivity index (χ1n) is 13.0. The summed E-state index contributed by atoms with van der Waals surface area (Å²) in [7, 11) is 0. The van der Waals surface area contributed by atoms with Crippen molar-refractivity contribution in [3.63, 3.8) is 0 Å². The minimum atomic E-state index is -0.619. The summed E-state index contributed by atoms with van der Waals surface area (Å²) >= 11 is 0. The second-order valence-corrected chi connectivity index (χ2v) is 9.35. The van der Waals surface area contributed by atoms with Crippen molar-refractivity contribution in [2.45, 2.75) is 45.3 Å². The summed E-state index contributed by atoms with van der Waals surface area (Å²) in [5.41, 5.74) is 1.98. The zero-order valence-electron chi connectivity index (χ0n) is 22.3. The van der Waals surface area contributed by atoms with E-state index in [0.29, 0.717) is 25.8 Å². The fourth-order valence-corrected chi connectivity index (χ4v) is 4.13. The van der Waals surface area contributed by atoms with E-state index in [1.165, 1.54) is 0 Å². The maximum atomic E-state index is 13.0. The van der Waals surface area contributed by atoms with Crippen LogP contribution in [0.1, 0.15) is 37.3 Å². The molecule has 0 aliphatic carbocycles. The highest BCUT2D eigenvalue weighted by Crippen LogP contribution is 2.17. The fraction of sp³-hybridized carbons (Fsp3) is 0.387. The molecule has 2 amide bonds. The fourth-order valence-electron chi connectivity index (χ4n) is 4.13. The Hall–Kier alpha value is -3.71. The molecule has 0 saturated carbocycles. The summed E-state index contributed by atoms with van der Waals surface area (Å²) in [6.07, 6.45) is 4.11. The second-order valence-electron chi connectivity index (χ2n) is 9.35. The van der Waals surface area contributed by atoms with Crippen molar-refractivity contribution in [3.8, 4) is 0 Å². The lowest BCUT2D eigenvalue weighted by Gasteiger charge is -2.25. The number of allylic oxidation sites excluding steroid dienone is 2. The average molecular weight is 521 g/mol. The van der Waals surface area contributed by atoms with E-state index in [4.69, 9.17) is 4.74 Å². The predicted octanol–water partition coefficient (Wildman–Crippen LogP) is 4.07. The number of nitrogens with zero attached hydrogens (tertiary/aromatic N) is 1. The SMILES string of the molecule is C=CC[C@H](CC(=O)N(CCO)Cc1ccccc1)C(=O)NC[C@H](C)OC(=O)[C@H](CC=C)Cc1ccccc1. The Kier molecular flexibility index (Phi) is 13.6. The van der Waals surface area contributed by atoms with Gasteiger partial charge >= 0.3 is 5.97 Å². The number of hydrogen-bond donors (Lipinski definition) is 2. The van der Waals surface area contributed by atoms with E-state index in [0.717, 1.165) is 11.1 Å². The molecule has 0 aliphatic rings. The van der Waals surface area contributed by atoms with Crippen LogP contribution in [-0.2, 0) is 32.1 Å². The van der Waals surface area contributed by atoms with Gasteiger partial charge in [0.15, 0.2) is 0 Å². The molecule has 38 heavy (non-hydrogen) atoms. The molecule has 2 N–H and O–H groups in total. The van der Waals surface area contributed by atoms with Gasteiger partial charge in [-0.3, -0.25) is 14.4 Å². The van der Waals surface area contributed by atoms with Crippen LogP contribution in [0.4, 0.5) is 0 Å². The lowest BCUT2D eigenvalue weighted by Crippen LogP contribution is -2.40. The maximum absolute atomic E-state index is 13.0. The molecule has 0 saturated heterocycles. The number of amides is 2. The van der Waals surface area contributed by atoms with Gasteiger partial charge in [-0.25, -0.2) is 0 Å². The Balaban J connectivity index is 1.91. The third-order valence-electron chi connectivity index (χ3n) is 6.17. The van der Waals surface area contributed by atoms with Gasteiger partial charge in [0, 0.05) is 19.5 Å². The molecular weight excluding hydrogens is 480 g/mol. The third-order valence-corrected chi connectivity index (χ3v) is 6.17. The Bertz CT molecular complexity index is 1030. The lowest BCUT2D eigenvalue weighted by molar-refractivity contribution is -0.153.